The number of rotatable bonds is 1. The summed E-state index contributed by atoms with van der Waals surface area (Å²) >= 11 is 3.68. The molecule has 0 bridgehead atoms. The number of aliphatic hydroxyl groups is 1. The minimum atomic E-state index is -1.10. The van der Waals surface area contributed by atoms with Gasteiger partial charge in [-0.05, 0) is 31.3 Å². The van der Waals surface area contributed by atoms with Crippen LogP contribution in [0.15, 0.2) is 35.6 Å². The van der Waals surface area contributed by atoms with E-state index < -0.39 is 34.2 Å². The second-order valence-corrected chi connectivity index (χ2v) is 9.56. The van der Waals surface area contributed by atoms with Gasteiger partial charge in [-0.25, -0.2) is 0 Å². The van der Waals surface area contributed by atoms with Gasteiger partial charge in [-0.1, -0.05) is 46.7 Å². The Balaban J connectivity index is 1.77. The SMILES string of the molecule is CC(=O)OC1=CC=CC2C(=O)C3(Br)C(CC=C4CC(C)CC(O)C43)C(=O)C12. The average molecular weight is 435 g/mol. The Hall–Kier alpha value is -1.53. The maximum Gasteiger partial charge on any atom is 0.307 e. The molecule has 0 radical (unpaired) electrons. The van der Waals surface area contributed by atoms with Crippen LogP contribution >= 0.6 is 15.9 Å². The lowest BCUT2D eigenvalue weighted by atomic mass is 9.54. The van der Waals surface area contributed by atoms with Crippen molar-refractivity contribution in [1.29, 1.82) is 0 Å². The first kappa shape index (κ1) is 18.8. The molecule has 5 nitrogen and oxygen atoms in total. The molecule has 144 valence electrons. The van der Waals surface area contributed by atoms with Crippen molar-refractivity contribution in [2.75, 3.05) is 0 Å². The third kappa shape index (κ3) is 2.71. The third-order valence-corrected chi connectivity index (χ3v) is 7.86. The quantitative estimate of drug-likeness (QED) is 0.389. The highest BCUT2D eigenvalue weighted by molar-refractivity contribution is 9.10. The number of alkyl halides is 1. The van der Waals surface area contributed by atoms with Gasteiger partial charge >= 0.3 is 5.97 Å². The van der Waals surface area contributed by atoms with Crippen LogP contribution in [0, 0.1) is 29.6 Å². The zero-order chi connectivity index (χ0) is 19.5. The van der Waals surface area contributed by atoms with E-state index in [2.05, 4.69) is 22.9 Å². The molecule has 4 aliphatic carbocycles. The van der Waals surface area contributed by atoms with Gasteiger partial charge < -0.3 is 9.84 Å². The van der Waals surface area contributed by atoms with Crippen LogP contribution in [0.5, 0.6) is 0 Å². The van der Waals surface area contributed by atoms with E-state index in [-0.39, 0.29) is 23.2 Å². The molecule has 27 heavy (non-hydrogen) atoms. The highest BCUT2D eigenvalue weighted by Crippen LogP contribution is 2.57. The third-order valence-electron chi connectivity index (χ3n) is 6.42. The molecule has 0 aromatic rings. The lowest BCUT2D eigenvalue weighted by Crippen LogP contribution is -2.64. The number of fused-ring (bicyclic) bond motifs is 4. The van der Waals surface area contributed by atoms with Gasteiger partial charge in [0, 0.05) is 18.8 Å². The fourth-order valence-electron chi connectivity index (χ4n) is 5.43. The molecule has 4 rings (SSSR count). The summed E-state index contributed by atoms with van der Waals surface area (Å²) in [4.78, 5) is 38.5. The van der Waals surface area contributed by atoms with Crippen molar-refractivity contribution < 1.29 is 24.2 Å². The van der Waals surface area contributed by atoms with Gasteiger partial charge in [-0.2, -0.15) is 0 Å². The normalized spacial score (nSPS) is 43.1. The molecule has 0 amide bonds. The van der Waals surface area contributed by atoms with Gasteiger partial charge in [0.15, 0.2) is 5.78 Å². The molecule has 0 spiro atoms. The highest BCUT2D eigenvalue weighted by Gasteiger charge is 2.64. The van der Waals surface area contributed by atoms with Gasteiger partial charge in [-0.15, -0.1) is 0 Å². The van der Waals surface area contributed by atoms with Crippen molar-refractivity contribution in [2.45, 2.75) is 43.5 Å². The monoisotopic (exact) mass is 434 g/mol. The summed E-state index contributed by atoms with van der Waals surface area (Å²) in [7, 11) is 0. The molecular weight excluding hydrogens is 412 g/mol. The number of ether oxygens (including phenoxy) is 1. The number of ketones is 2. The van der Waals surface area contributed by atoms with Gasteiger partial charge in [0.1, 0.15) is 15.9 Å². The number of allylic oxidation sites excluding steroid dienone is 5. The molecule has 6 heteroatoms. The Morgan fingerprint density at radius 2 is 2.11 bits per heavy atom. The van der Waals surface area contributed by atoms with Crippen molar-refractivity contribution in [3.8, 4) is 0 Å². The number of hydrogen-bond acceptors (Lipinski definition) is 5. The van der Waals surface area contributed by atoms with Crippen LogP contribution in [0.25, 0.3) is 0 Å². The number of carbonyl (C=O) groups excluding carboxylic acids is 3. The maximum atomic E-state index is 13.6. The van der Waals surface area contributed by atoms with Gasteiger partial charge in [0.2, 0.25) is 0 Å². The smallest absolute Gasteiger partial charge is 0.307 e. The van der Waals surface area contributed by atoms with Crippen LogP contribution in [-0.4, -0.2) is 33.1 Å². The molecule has 0 aliphatic heterocycles. The number of carbonyl (C=O) groups is 3. The fourth-order valence-corrected chi connectivity index (χ4v) is 6.70. The summed E-state index contributed by atoms with van der Waals surface area (Å²) in [6.45, 7) is 3.38. The zero-order valence-corrected chi connectivity index (χ0v) is 16.9. The summed E-state index contributed by atoms with van der Waals surface area (Å²) < 4.78 is 4.15. The Labute approximate surface area is 166 Å². The predicted molar refractivity (Wildman–Crippen MR) is 102 cm³/mol. The number of hydrogen-bond donors (Lipinski definition) is 1. The minimum Gasteiger partial charge on any atom is -0.430 e. The topological polar surface area (TPSA) is 80.7 Å². The van der Waals surface area contributed by atoms with Crippen LogP contribution in [0.3, 0.4) is 0 Å². The Kier molecular flexibility index (Phi) is 4.54. The predicted octanol–water partition coefficient (Wildman–Crippen LogP) is 2.87. The molecule has 2 saturated carbocycles. The molecule has 1 N–H and O–H groups in total. The lowest BCUT2D eigenvalue weighted by Gasteiger charge is -2.53. The summed E-state index contributed by atoms with van der Waals surface area (Å²) in [5.41, 5.74) is 1.07. The Bertz CT molecular complexity index is 809. The van der Waals surface area contributed by atoms with Crippen LogP contribution < -0.4 is 0 Å². The molecule has 2 fully saturated rings. The Morgan fingerprint density at radius 3 is 2.81 bits per heavy atom. The second kappa shape index (κ2) is 6.52. The van der Waals surface area contributed by atoms with Crippen LogP contribution in [0.4, 0.5) is 0 Å². The fraction of sp³-hybridized carbons (Fsp3) is 0.571. The first-order chi connectivity index (χ1) is 12.7. The first-order valence-corrected chi connectivity index (χ1v) is 10.2. The van der Waals surface area contributed by atoms with E-state index in [4.69, 9.17) is 4.74 Å². The van der Waals surface area contributed by atoms with E-state index >= 15 is 0 Å². The van der Waals surface area contributed by atoms with Gasteiger partial charge in [0.25, 0.3) is 0 Å². The molecule has 0 saturated heterocycles. The van der Waals surface area contributed by atoms with Gasteiger partial charge in [0.05, 0.1) is 17.9 Å². The van der Waals surface area contributed by atoms with E-state index in [1.54, 1.807) is 18.2 Å². The molecular formula is C21H23BrO5. The van der Waals surface area contributed by atoms with Crippen LogP contribution in [0.1, 0.15) is 33.1 Å². The van der Waals surface area contributed by atoms with E-state index in [0.717, 1.165) is 12.0 Å². The van der Waals surface area contributed by atoms with Gasteiger partial charge in [-0.3, -0.25) is 14.4 Å². The second-order valence-electron chi connectivity index (χ2n) is 8.24. The van der Waals surface area contributed by atoms with Crippen molar-refractivity contribution in [1.82, 2.24) is 0 Å². The van der Waals surface area contributed by atoms with Crippen LogP contribution in [-0.2, 0) is 19.1 Å². The average Bonchev–Trinajstić information content (AvgIpc) is 2.58. The molecule has 0 heterocycles. The lowest BCUT2D eigenvalue weighted by molar-refractivity contribution is -0.149. The van der Waals surface area contributed by atoms with E-state index in [0.29, 0.717) is 18.8 Å². The maximum absolute atomic E-state index is 13.6. The first-order valence-electron chi connectivity index (χ1n) is 9.45. The van der Waals surface area contributed by atoms with E-state index in [1.807, 2.05) is 6.08 Å². The molecule has 4 aliphatic rings. The summed E-state index contributed by atoms with van der Waals surface area (Å²) in [6, 6.07) is 0. The largest absolute Gasteiger partial charge is 0.430 e. The molecule has 7 atom stereocenters. The van der Waals surface area contributed by atoms with E-state index in [9.17, 15) is 19.5 Å². The van der Waals surface area contributed by atoms with Crippen molar-refractivity contribution >= 4 is 33.5 Å². The number of Topliss-reactive ketones (excluding diaryl/α,β-unsaturated/α-hetero) is 2. The summed E-state index contributed by atoms with van der Waals surface area (Å²) in [5, 5.41) is 10.8. The Morgan fingerprint density at radius 1 is 1.37 bits per heavy atom. The highest BCUT2D eigenvalue weighted by atomic mass is 79.9. The molecule has 7 unspecified atom stereocenters. The van der Waals surface area contributed by atoms with Crippen molar-refractivity contribution in [2.24, 2.45) is 29.6 Å². The standard InChI is InChI=1S/C21H23BrO5/c1-10-8-12-6-7-14-19(25)17-13(4-3-5-16(17)27-11(2)23)20(26)21(14,22)18(12)15(24)9-10/h3-6,10,13-15,17-18,24H,7-9H2,1-2H3. The number of esters is 1. The minimum absolute atomic E-state index is 0.102. The zero-order valence-electron chi connectivity index (χ0n) is 15.4. The van der Waals surface area contributed by atoms with Crippen molar-refractivity contribution in [3.63, 3.8) is 0 Å². The molecule has 0 aromatic heterocycles. The number of aliphatic hydroxyl groups excluding tert-OH is 1. The summed E-state index contributed by atoms with van der Waals surface area (Å²) in [5.74, 6) is -2.52. The molecule has 0 aromatic carbocycles. The van der Waals surface area contributed by atoms with E-state index in [1.165, 1.54) is 6.92 Å². The summed E-state index contributed by atoms with van der Waals surface area (Å²) in [6.07, 6.45) is 8.27. The van der Waals surface area contributed by atoms with Crippen molar-refractivity contribution in [3.05, 3.63) is 35.6 Å². The van der Waals surface area contributed by atoms with Crippen LogP contribution in [0.2, 0.25) is 0 Å². The number of halogens is 1.